The lowest BCUT2D eigenvalue weighted by molar-refractivity contribution is -0.659. The van der Waals surface area contributed by atoms with Crippen LogP contribution in [0.3, 0.4) is 0 Å². The van der Waals surface area contributed by atoms with Crippen molar-refractivity contribution in [2.24, 2.45) is 7.05 Å². The second-order valence-corrected chi connectivity index (χ2v) is 8.96. The molecule has 2 heteroatoms. The van der Waals surface area contributed by atoms with Crippen LogP contribution in [0.25, 0.3) is 65.5 Å². The van der Waals surface area contributed by atoms with Crippen LogP contribution in [0.15, 0.2) is 102 Å². The van der Waals surface area contributed by atoms with Crippen LogP contribution in [0.5, 0.6) is 0 Å². The third-order valence-electron chi connectivity index (χ3n) is 6.98. The number of rotatable bonds is 1. The first-order valence-corrected chi connectivity index (χ1v) is 11.3. The standard InChI is InChI=1S/C31H22NO/c1-19-11-15-25-26-16-14-21-13-12-20-7-5-6-10-24(20)29(21)31(26)33-30(25)28(19)27-17-22-8-3-4-9-23(22)18-32(27)2/h3-18H,1-2H3/q+1. The van der Waals surface area contributed by atoms with Crippen molar-refractivity contribution in [1.82, 2.24) is 0 Å². The van der Waals surface area contributed by atoms with Crippen molar-refractivity contribution in [3.8, 4) is 11.3 Å². The number of aromatic nitrogens is 1. The molecule has 2 heterocycles. The number of fused-ring (bicyclic) bond motifs is 8. The van der Waals surface area contributed by atoms with Crippen molar-refractivity contribution in [2.75, 3.05) is 0 Å². The molecule has 156 valence electrons. The maximum atomic E-state index is 6.79. The van der Waals surface area contributed by atoms with Crippen LogP contribution in [0.1, 0.15) is 5.56 Å². The van der Waals surface area contributed by atoms with Crippen molar-refractivity contribution >= 4 is 54.3 Å². The summed E-state index contributed by atoms with van der Waals surface area (Å²) in [6.45, 7) is 2.17. The lowest BCUT2D eigenvalue weighted by Crippen LogP contribution is -2.30. The number of nitrogens with zero attached hydrogens (tertiary/aromatic N) is 1. The molecule has 0 aliphatic rings. The summed E-state index contributed by atoms with van der Waals surface area (Å²) in [4.78, 5) is 0. The maximum Gasteiger partial charge on any atom is 0.216 e. The van der Waals surface area contributed by atoms with Gasteiger partial charge >= 0.3 is 0 Å². The molecule has 0 radical (unpaired) electrons. The van der Waals surface area contributed by atoms with Gasteiger partial charge in [-0.25, -0.2) is 4.57 Å². The highest BCUT2D eigenvalue weighted by atomic mass is 16.3. The van der Waals surface area contributed by atoms with E-state index >= 15 is 0 Å². The molecule has 2 aromatic heterocycles. The first kappa shape index (κ1) is 18.4. The smallest absolute Gasteiger partial charge is 0.216 e. The van der Waals surface area contributed by atoms with E-state index in [2.05, 4.69) is 116 Å². The quantitative estimate of drug-likeness (QED) is 0.194. The Bertz CT molecular complexity index is 1890. The summed E-state index contributed by atoms with van der Waals surface area (Å²) >= 11 is 0. The van der Waals surface area contributed by atoms with Crippen LogP contribution in [0, 0.1) is 6.92 Å². The highest BCUT2D eigenvalue weighted by Crippen LogP contribution is 2.41. The average Bonchev–Trinajstić information content (AvgIpc) is 3.22. The molecule has 7 aromatic rings. The molecule has 2 nitrogen and oxygen atoms in total. The minimum atomic E-state index is 0.955. The number of pyridine rings is 1. The molecule has 0 N–H and O–H groups in total. The van der Waals surface area contributed by atoms with Crippen molar-refractivity contribution in [3.63, 3.8) is 0 Å². The molecule has 5 aromatic carbocycles. The van der Waals surface area contributed by atoms with Gasteiger partial charge < -0.3 is 4.42 Å². The molecule has 0 unspecified atom stereocenters. The topological polar surface area (TPSA) is 17.0 Å². The predicted molar refractivity (Wildman–Crippen MR) is 138 cm³/mol. The number of benzene rings is 5. The van der Waals surface area contributed by atoms with E-state index in [0.717, 1.165) is 27.8 Å². The van der Waals surface area contributed by atoms with Crippen LogP contribution in [0.4, 0.5) is 0 Å². The van der Waals surface area contributed by atoms with Crippen molar-refractivity contribution < 1.29 is 8.98 Å². The molecule has 0 spiro atoms. The van der Waals surface area contributed by atoms with Crippen LogP contribution in [-0.2, 0) is 7.05 Å². The predicted octanol–water partition coefficient (Wildman–Crippen LogP) is 7.85. The molecule has 0 saturated heterocycles. The average molecular weight is 425 g/mol. The summed E-state index contributed by atoms with van der Waals surface area (Å²) < 4.78 is 9.01. The summed E-state index contributed by atoms with van der Waals surface area (Å²) in [6.07, 6.45) is 2.20. The number of furan rings is 1. The van der Waals surface area contributed by atoms with Crippen molar-refractivity contribution in [3.05, 3.63) is 103 Å². The van der Waals surface area contributed by atoms with Crippen molar-refractivity contribution in [2.45, 2.75) is 6.92 Å². The number of hydrogen-bond acceptors (Lipinski definition) is 1. The van der Waals surface area contributed by atoms with E-state index in [4.69, 9.17) is 4.42 Å². The van der Waals surface area contributed by atoms with E-state index in [1.807, 2.05) is 0 Å². The second kappa shape index (κ2) is 6.66. The summed E-state index contributed by atoms with van der Waals surface area (Å²) in [7, 11) is 2.12. The Kier molecular flexibility index (Phi) is 3.72. The number of hydrogen-bond donors (Lipinski definition) is 0. The third kappa shape index (κ3) is 2.58. The molecule has 0 amide bonds. The summed E-state index contributed by atoms with van der Waals surface area (Å²) in [5, 5.41) is 9.64. The molecule has 33 heavy (non-hydrogen) atoms. The van der Waals surface area contributed by atoms with Crippen LogP contribution < -0.4 is 4.57 Å². The lowest BCUT2D eigenvalue weighted by atomic mass is 9.97. The van der Waals surface area contributed by atoms with Gasteiger partial charge in [-0.3, -0.25) is 0 Å². The van der Waals surface area contributed by atoms with Gasteiger partial charge in [0.1, 0.15) is 18.2 Å². The normalized spacial score (nSPS) is 11.9. The monoisotopic (exact) mass is 424 g/mol. The third-order valence-corrected chi connectivity index (χ3v) is 6.98. The van der Waals surface area contributed by atoms with Crippen LogP contribution in [-0.4, -0.2) is 0 Å². The van der Waals surface area contributed by atoms with E-state index in [1.165, 1.54) is 43.3 Å². The van der Waals surface area contributed by atoms with Gasteiger partial charge in [0.2, 0.25) is 5.69 Å². The lowest BCUT2D eigenvalue weighted by Gasteiger charge is -2.07. The largest absolute Gasteiger partial charge is 0.454 e. The molecule has 0 saturated carbocycles. The Hall–Kier alpha value is -4.17. The first-order chi connectivity index (χ1) is 16.2. The molecule has 0 aliphatic heterocycles. The molecule has 0 fully saturated rings. The van der Waals surface area contributed by atoms with Crippen LogP contribution >= 0.6 is 0 Å². The van der Waals surface area contributed by atoms with E-state index in [-0.39, 0.29) is 0 Å². The Morgan fingerprint density at radius 2 is 1.27 bits per heavy atom. The fraction of sp³-hybridized carbons (Fsp3) is 0.0645. The zero-order valence-corrected chi connectivity index (χ0v) is 18.6. The van der Waals surface area contributed by atoms with E-state index < -0.39 is 0 Å². The summed E-state index contributed by atoms with van der Waals surface area (Å²) in [5.74, 6) is 0. The molecule has 0 atom stereocenters. The summed E-state index contributed by atoms with van der Waals surface area (Å²) in [6, 6.07) is 32.6. The second-order valence-electron chi connectivity index (χ2n) is 8.96. The molecular weight excluding hydrogens is 402 g/mol. The van der Waals surface area contributed by atoms with Gasteiger partial charge in [-0.2, -0.15) is 0 Å². The van der Waals surface area contributed by atoms with Gasteiger partial charge in [-0.05, 0) is 46.2 Å². The Morgan fingerprint density at radius 3 is 2.15 bits per heavy atom. The van der Waals surface area contributed by atoms with Gasteiger partial charge in [0.25, 0.3) is 0 Å². The SMILES string of the molecule is Cc1ccc2c(oc3c2ccc2ccc4ccccc4c23)c1-c1cc2ccccc2c[n+]1C. The van der Waals surface area contributed by atoms with Crippen LogP contribution in [0.2, 0.25) is 0 Å². The zero-order chi connectivity index (χ0) is 22.1. The summed E-state index contributed by atoms with van der Waals surface area (Å²) in [5.41, 5.74) is 5.45. The Morgan fingerprint density at radius 1 is 0.606 bits per heavy atom. The molecule has 0 aliphatic carbocycles. The molecular formula is C31H22NO+. The molecule has 0 bridgehead atoms. The zero-order valence-electron chi connectivity index (χ0n) is 18.6. The van der Waals surface area contributed by atoms with Gasteiger partial charge in [-0.1, -0.05) is 72.8 Å². The van der Waals surface area contributed by atoms with E-state index in [1.54, 1.807) is 0 Å². The highest BCUT2D eigenvalue weighted by Gasteiger charge is 2.22. The van der Waals surface area contributed by atoms with Crippen molar-refractivity contribution in [1.29, 1.82) is 0 Å². The minimum Gasteiger partial charge on any atom is -0.454 e. The van der Waals surface area contributed by atoms with Gasteiger partial charge in [-0.15, -0.1) is 0 Å². The Labute approximate surface area is 191 Å². The fourth-order valence-corrected chi connectivity index (χ4v) is 5.34. The number of aryl methyl sites for hydroxylation is 2. The van der Waals surface area contributed by atoms with Gasteiger partial charge in [0.15, 0.2) is 6.20 Å². The van der Waals surface area contributed by atoms with Gasteiger partial charge in [0.05, 0.1) is 5.56 Å². The van der Waals surface area contributed by atoms with Gasteiger partial charge in [0, 0.05) is 27.6 Å². The van der Waals surface area contributed by atoms with E-state index in [0.29, 0.717) is 0 Å². The Balaban J connectivity index is 1.64. The first-order valence-electron chi connectivity index (χ1n) is 11.3. The maximum absolute atomic E-state index is 6.79. The highest BCUT2D eigenvalue weighted by molar-refractivity contribution is 6.24. The minimum absolute atomic E-state index is 0.955. The fourth-order valence-electron chi connectivity index (χ4n) is 5.34. The molecule has 7 rings (SSSR count). The van der Waals surface area contributed by atoms with E-state index in [9.17, 15) is 0 Å².